The van der Waals surface area contributed by atoms with Crippen LogP contribution in [0.3, 0.4) is 0 Å². The number of nitrogens with zero attached hydrogens (tertiary/aromatic N) is 2. The standard InChI is InChI=1S/C10H8ClFN2OS/c1-2-9-13-10(16-14-9)15-8-4-3-6(11)5-7(8)12/h3-5H,2H2,1H3. The topological polar surface area (TPSA) is 35.0 Å². The molecule has 1 aromatic heterocycles. The molecule has 0 spiro atoms. The third-order valence-corrected chi connectivity index (χ3v) is 2.72. The Labute approximate surface area is 101 Å². The van der Waals surface area contributed by atoms with E-state index in [0.717, 1.165) is 18.0 Å². The first-order valence-corrected chi connectivity index (χ1v) is 5.79. The van der Waals surface area contributed by atoms with Crippen LogP contribution < -0.4 is 4.74 Å². The monoisotopic (exact) mass is 258 g/mol. The maximum atomic E-state index is 13.4. The number of aromatic nitrogens is 2. The van der Waals surface area contributed by atoms with Crippen molar-refractivity contribution in [1.82, 2.24) is 9.36 Å². The molecule has 0 saturated heterocycles. The van der Waals surface area contributed by atoms with Crippen molar-refractivity contribution in [3.63, 3.8) is 0 Å². The zero-order valence-electron chi connectivity index (χ0n) is 8.41. The average Bonchev–Trinajstić information content (AvgIpc) is 2.70. The maximum absolute atomic E-state index is 13.4. The fraction of sp³-hybridized carbons (Fsp3) is 0.200. The lowest BCUT2D eigenvalue weighted by atomic mass is 10.3. The van der Waals surface area contributed by atoms with Crippen LogP contribution in [0.15, 0.2) is 18.2 Å². The van der Waals surface area contributed by atoms with Gasteiger partial charge in [-0.05, 0) is 18.2 Å². The third-order valence-electron chi connectivity index (χ3n) is 1.86. The van der Waals surface area contributed by atoms with Crippen LogP contribution in [-0.2, 0) is 6.42 Å². The molecule has 84 valence electrons. The summed E-state index contributed by atoms with van der Waals surface area (Å²) >= 11 is 6.72. The largest absolute Gasteiger partial charge is 0.427 e. The minimum atomic E-state index is -0.513. The van der Waals surface area contributed by atoms with Gasteiger partial charge < -0.3 is 4.74 Å². The lowest BCUT2D eigenvalue weighted by molar-refractivity contribution is 0.438. The molecule has 2 rings (SSSR count). The predicted molar refractivity (Wildman–Crippen MR) is 60.8 cm³/mol. The molecule has 0 aliphatic carbocycles. The van der Waals surface area contributed by atoms with E-state index in [1.54, 1.807) is 6.07 Å². The van der Waals surface area contributed by atoms with Gasteiger partial charge >= 0.3 is 0 Å². The van der Waals surface area contributed by atoms with E-state index >= 15 is 0 Å². The molecule has 0 bridgehead atoms. The number of benzene rings is 1. The second-order valence-corrected chi connectivity index (χ2v) is 4.16. The number of aryl methyl sites for hydroxylation is 1. The molecule has 0 unspecified atom stereocenters. The van der Waals surface area contributed by atoms with E-state index in [9.17, 15) is 4.39 Å². The molecule has 6 heteroatoms. The van der Waals surface area contributed by atoms with Gasteiger partial charge in [0.25, 0.3) is 5.19 Å². The van der Waals surface area contributed by atoms with E-state index < -0.39 is 5.82 Å². The second kappa shape index (κ2) is 4.76. The van der Waals surface area contributed by atoms with Crippen LogP contribution in [-0.4, -0.2) is 9.36 Å². The minimum Gasteiger partial charge on any atom is -0.427 e. The first-order chi connectivity index (χ1) is 7.69. The molecular weight excluding hydrogens is 251 g/mol. The fourth-order valence-electron chi connectivity index (χ4n) is 1.08. The Balaban J connectivity index is 2.20. The van der Waals surface area contributed by atoms with Gasteiger partial charge in [-0.3, -0.25) is 0 Å². The van der Waals surface area contributed by atoms with Crippen LogP contribution in [0, 0.1) is 5.82 Å². The summed E-state index contributed by atoms with van der Waals surface area (Å²) in [5.41, 5.74) is 0. The van der Waals surface area contributed by atoms with E-state index in [0.29, 0.717) is 16.0 Å². The maximum Gasteiger partial charge on any atom is 0.298 e. The van der Waals surface area contributed by atoms with Crippen LogP contribution in [0.25, 0.3) is 0 Å². The molecule has 1 heterocycles. The molecule has 1 aromatic carbocycles. The molecule has 0 atom stereocenters. The van der Waals surface area contributed by atoms with Crippen molar-refractivity contribution in [2.24, 2.45) is 0 Å². The van der Waals surface area contributed by atoms with Gasteiger partial charge in [-0.2, -0.15) is 9.36 Å². The summed E-state index contributed by atoms with van der Waals surface area (Å²) in [5.74, 6) is 0.276. The quantitative estimate of drug-likeness (QED) is 0.842. The molecule has 0 N–H and O–H groups in total. The SMILES string of the molecule is CCc1nsc(Oc2ccc(Cl)cc2F)n1. The number of ether oxygens (including phenoxy) is 1. The van der Waals surface area contributed by atoms with Gasteiger partial charge in [0.2, 0.25) is 0 Å². The Morgan fingerprint density at radius 3 is 2.94 bits per heavy atom. The highest BCUT2D eigenvalue weighted by atomic mass is 35.5. The van der Waals surface area contributed by atoms with Crippen LogP contribution >= 0.6 is 23.1 Å². The van der Waals surface area contributed by atoms with Crippen molar-refractivity contribution in [1.29, 1.82) is 0 Å². The van der Waals surface area contributed by atoms with E-state index in [1.807, 2.05) is 6.92 Å². The zero-order valence-corrected chi connectivity index (χ0v) is 9.98. The molecule has 0 aliphatic rings. The minimum absolute atomic E-state index is 0.100. The Hall–Kier alpha value is -1.20. The van der Waals surface area contributed by atoms with Gasteiger partial charge in [0.1, 0.15) is 5.82 Å². The van der Waals surface area contributed by atoms with Crippen LogP contribution in [0.4, 0.5) is 4.39 Å². The van der Waals surface area contributed by atoms with Crippen molar-refractivity contribution in [3.8, 4) is 10.9 Å². The number of hydrogen-bond acceptors (Lipinski definition) is 4. The summed E-state index contributed by atoms with van der Waals surface area (Å²) in [6.07, 6.45) is 0.725. The molecule has 2 aromatic rings. The van der Waals surface area contributed by atoms with Gasteiger partial charge in [0, 0.05) is 23.0 Å². The van der Waals surface area contributed by atoms with E-state index in [2.05, 4.69) is 9.36 Å². The smallest absolute Gasteiger partial charge is 0.298 e. The number of hydrogen-bond donors (Lipinski definition) is 0. The number of rotatable bonds is 3. The Bertz CT molecular complexity index is 503. The highest BCUT2D eigenvalue weighted by Gasteiger charge is 2.09. The zero-order chi connectivity index (χ0) is 11.5. The van der Waals surface area contributed by atoms with Crippen LogP contribution in [0.2, 0.25) is 5.02 Å². The van der Waals surface area contributed by atoms with E-state index in [4.69, 9.17) is 16.3 Å². The van der Waals surface area contributed by atoms with Crippen molar-refractivity contribution < 1.29 is 9.13 Å². The fourth-order valence-corrected chi connectivity index (χ4v) is 1.86. The predicted octanol–water partition coefficient (Wildman–Crippen LogP) is 3.69. The highest BCUT2D eigenvalue weighted by Crippen LogP contribution is 2.27. The molecular formula is C10H8ClFN2OS. The van der Waals surface area contributed by atoms with Gasteiger partial charge in [-0.15, -0.1) is 0 Å². The van der Waals surface area contributed by atoms with E-state index in [-0.39, 0.29) is 5.75 Å². The molecule has 0 saturated carbocycles. The normalized spacial score (nSPS) is 10.4. The van der Waals surface area contributed by atoms with Crippen LogP contribution in [0.5, 0.6) is 10.9 Å². The van der Waals surface area contributed by atoms with Crippen LogP contribution in [0.1, 0.15) is 12.7 Å². The van der Waals surface area contributed by atoms with Gasteiger partial charge in [-0.25, -0.2) is 4.39 Å². The lowest BCUT2D eigenvalue weighted by Crippen LogP contribution is -1.88. The summed E-state index contributed by atoms with van der Waals surface area (Å²) in [6, 6.07) is 4.21. The summed E-state index contributed by atoms with van der Waals surface area (Å²) in [4.78, 5) is 4.07. The molecule has 0 fully saturated rings. The second-order valence-electron chi connectivity index (χ2n) is 3.01. The third kappa shape index (κ3) is 2.48. The van der Waals surface area contributed by atoms with Gasteiger partial charge in [0.15, 0.2) is 11.6 Å². The first-order valence-electron chi connectivity index (χ1n) is 4.64. The summed E-state index contributed by atoms with van der Waals surface area (Å²) in [5, 5.41) is 0.662. The van der Waals surface area contributed by atoms with Crippen molar-refractivity contribution >= 4 is 23.1 Å². The molecule has 0 radical (unpaired) electrons. The first kappa shape index (κ1) is 11.3. The molecule has 0 aliphatic heterocycles. The Morgan fingerprint density at radius 1 is 1.50 bits per heavy atom. The average molecular weight is 259 g/mol. The number of halogens is 2. The Kier molecular flexibility index (Phi) is 3.36. The summed E-state index contributed by atoms with van der Waals surface area (Å²) < 4.78 is 22.7. The Morgan fingerprint density at radius 2 is 2.31 bits per heavy atom. The molecule has 0 amide bonds. The summed E-state index contributed by atoms with van der Waals surface area (Å²) in [6.45, 7) is 1.94. The van der Waals surface area contributed by atoms with E-state index in [1.165, 1.54) is 12.1 Å². The molecule has 3 nitrogen and oxygen atoms in total. The highest BCUT2D eigenvalue weighted by molar-refractivity contribution is 7.07. The van der Waals surface area contributed by atoms with Crippen molar-refractivity contribution in [2.75, 3.05) is 0 Å². The molecule has 16 heavy (non-hydrogen) atoms. The summed E-state index contributed by atoms with van der Waals surface area (Å²) in [7, 11) is 0. The van der Waals surface area contributed by atoms with Crippen molar-refractivity contribution in [3.05, 3.63) is 34.9 Å². The van der Waals surface area contributed by atoms with Gasteiger partial charge in [0.05, 0.1) is 0 Å². The lowest BCUT2D eigenvalue weighted by Gasteiger charge is -2.02. The van der Waals surface area contributed by atoms with Gasteiger partial charge in [-0.1, -0.05) is 18.5 Å². The van der Waals surface area contributed by atoms with Crippen molar-refractivity contribution in [2.45, 2.75) is 13.3 Å².